The van der Waals surface area contributed by atoms with Crippen LogP contribution in [0.4, 0.5) is 0 Å². The first-order chi connectivity index (χ1) is 9.07. The lowest BCUT2D eigenvalue weighted by atomic mass is 9.96. The Balaban J connectivity index is 2.20. The fourth-order valence-electron chi connectivity index (χ4n) is 2.67. The molecular formula is C13H20N2O3S. The highest BCUT2D eigenvalue weighted by molar-refractivity contribution is 7.98. The van der Waals surface area contributed by atoms with Gasteiger partial charge in [0.15, 0.2) is 11.5 Å². The molecule has 1 aliphatic carbocycles. The van der Waals surface area contributed by atoms with Crippen LogP contribution in [0.1, 0.15) is 32.1 Å². The fourth-order valence-corrected chi connectivity index (χ4v) is 3.13. The van der Waals surface area contributed by atoms with Gasteiger partial charge in [-0.25, -0.2) is 4.79 Å². The van der Waals surface area contributed by atoms with Crippen molar-refractivity contribution >= 4 is 23.4 Å². The lowest BCUT2D eigenvalue weighted by molar-refractivity contribution is -0.138. The summed E-state index contributed by atoms with van der Waals surface area (Å²) in [7, 11) is 0. The highest BCUT2D eigenvalue weighted by Gasteiger charge is 2.44. The van der Waals surface area contributed by atoms with Crippen LogP contribution < -0.4 is 5.73 Å². The van der Waals surface area contributed by atoms with Gasteiger partial charge in [-0.2, -0.15) is 11.8 Å². The summed E-state index contributed by atoms with van der Waals surface area (Å²) in [6, 6.07) is -0.703. The molecule has 1 heterocycles. The number of nitrogens with zero attached hydrogens (tertiary/aromatic N) is 1. The van der Waals surface area contributed by atoms with Crippen molar-refractivity contribution in [2.24, 2.45) is 10.7 Å². The Morgan fingerprint density at radius 1 is 1.63 bits per heavy atom. The Kier molecular flexibility index (Phi) is 4.39. The van der Waals surface area contributed by atoms with Gasteiger partial charge in [0, 0.05) is 6.08 Å². The van der Waals surface area contributed by atoms with Crippen molar-refractivity contribution in [3.8, 4) is 0 Å². The van der Waals surface area contributed by atoms with E-state index in [2.05, 4.69) is 4.99 Å². The van der Waals surface area contributed by atoms with Crippen molar-refractivity contribution in [3.05, 3.63) is 12.0 Å². The third-order valence-electron chi connectivity index (χ3n) is 3.65. The quantitative estimate of drug-likeness (QED) is 0.803. The highest BCUT2D eigenvalue weighted by atomic mass is 32.2. The van der Waals surface area contributed by atoms with Gasteiger partial charge in [-0.05, 0) is 44.1 Å². The van der Waals surface area contributed by atoms with Crippen LogP contribution in [0.3, 0.4) is 0 Å². The molecule has 1 atom stereocenters. The molecule has 2 rings (SSSR count). The molecule has 0 aromatic rings. The van der Waals surface area contributed by atoms with E-state index in [1.165, 1.54) is 0 Å². The monoisotopic (exact) mass is 284 g/mol. The molecule has 1 spiro atoms. The van der Waals surface area contributed by atoms with Crippen molar-refractivity contribution in [2.45, 2.75) is 43.7 Å². The molecule has 2 aliphatic rings. The van der Waals surface area contributed by atoms with Crippen LogP contribution in [-0.2, 0) is 9.53 Å². The second-order valence-electron chi connectivity index (χ2n) is 5.00. The van der Waals surface area contributed by atoms with Gasteiger partial charge in [-0.3, -0.25) is 4.99 Å². The van der Waals surface area contributed by atoms with Crippen LogP contribution in [0.5, 0.6) is 0 Å². The van der Waals surface area contributed by atoms with E-state index < -0.39 is 17.6 Å². The van der Waals surface area contributed by atoms with Gasteiger partial charge in [0.2, 0.25) is 0 Å². The van der Waals surface area contributed by atoms with Gasteiger partial charge in [0.25, 0.3) is 0 Å². The zero-order valence-electron chi connectivity index (χ0n) is 11.1. The molecule has 0 bridgehead atoms. The van der Waals surface area contributed by atoms with Crippen LogP contribution >= 0.6 is 11.8 Å². The lowest BCUT2D eigenvalue weighted by Crippen LogP contribution is -2.35. The predicted octanol–water partition coefficient (Wildman–Crippen LogP) is 1.78. The summed E-state index contributed by atoms with van der Waals surface area (Å²) >= 11 is 1.63. The van der Waals surface area contributed by atoms with Gasteiger partial charge in [-0.15, -0.1) is 0 Å². The Labute approximate surface area is 117 Å². The summed E-state index contributed by atoms with van der Waals surface area (Å²) in [4.78, 5) is 15.7. The SMILES string of the molecule is CSCC[C@H](N=C1C=C(N)OC12CCCC2)C(=O)O. The molecule has 0 radical (unpaired) electrons. The standard InChI is InChI=1S/C13H20N2O3S/c1-19-7-4-9(12(16)17)15-10-8-11(14)18-13(10)5-2-3-6-13/h8-9H,2-7,14H2,1H3,(H,16,17)/t9-/m0/s1. The third-order valence-corrected chi connectivity index (χ3v) is 4.29. The van der Waals surface area contributed by atoms with Crippen molar-refractivity contribution < 1.29 is 14.6 Å². The summed E-state index contributed by atoms with van der Waals surface area (Å²) in [5, 5.41) is 9.25. The summed E-state index contributed by atoms with van der Waals surface area (Å²) in [5.74, 6) is 0.254. The number of rotatable bonds is 5. The Bertz CT molecular complexity index is 414. The van der Waals surface area contributed by atoms with Gasteiger partial charge >= 0.3 is 5.97 Å². The molecule has 19 heavy (non-hydrogen) atoms. The smallest absolute Gasteiger partial charge is 0.328 e. The van der Waals surface area contributed by atoms with Gasteiger partial charge in [0.05, 0.1) is 5.71 Å². The van der Waals surface area contributed by atoms with Crippen LogP contribution in [0.2, 0.25) is 0 Å². The van der Waals surface area contributed by atoms with Crippen LogP contribution in [0.25, 0.3) is 0 Å². The number of nitrogens with two attached hydrogens (primary N) is 1. The van der Waals surface area contributed by atoms with Gasteiger partial charge in [-0.1, -0.05) is 0 Å². The first-order valence-electron chi connectivity index (χ1n) is 6.53. The number of thioether (sulfide) groups is 1. The topological polar surface area (TPSA) is 84.9 Å². The molecule has 1 fully saturated rings. The number of carbonyl (C=O) groups is 1. The average Bonchev–Trinajstić information content (AvgIpc) is 2.93. The molecule has 0 unspecified atom stereocenters. The number of carboxylic acid groups (broad SMARTS) is 1. The minimum atomic E-state index is -0.881. The molecule has 6 heteroatoms. The van der Waals surface area contributed by atoms with E-state index in [1.54, 1.807) is 17.8 Å². The molecule has 5 nitrogen and oxygen atoms in total. The zero-order chi connectivity index (χ0) is 13.9. The van der Waals surface area contributed by atoms with E-state index in [9.17, 15) is 9.90 Å². The number of aliphatic imine (C=N–C) groups is 1. The first kappa shape index (κ1) is 14.2. The first-order valence-corrected chi connectivity index (χ1v) is 7.93. The largest absolute Gasteiger partial charge is 0.480 e. The molecule has 0 aromatic carbocycles. The lowest BCUT2D eigenvalue weighted by Gasteiger charge is -2.25. The summed E-state index contributed by atoms with van der Waals surface area (Å²) < 4.78 is 5.72. The second-order valence-corrected chi connectivity index (χ2v) is 5.99. The Morgan fingerprint density at radius 3 is 2.89 bits per heavy atom. The molecule has 0 aromatic heterocycles. The number of carboxylic acids is 1. The van der Waals surface area contributed by atoms with Crippen LogP contribution in [-0.4, -0.2) is 40.4 Å². The number of ether oxygens (including phenoxy) is 1. The zero-order valence-corrected chi connectivity index (χ0v) is 11.9. The molecule has 106 valence electrons. The molecule has 1 aliphatic heterocycles. The molecule has 0 amide bonds. The maximum absolute atomic E-state index is 11.3. The number of hydrogen-bond acceptors (Lipinski definition) is 5. The third kappa shape index (κ3) is 3.05. The summed E-state index contributed by atoms with van der Waals surface area (Å²) in [6.07, 6.45) is 8.08. The summed E-state index contributed by atoms with van der Waals surface area (Å²) in [6.45, 7) is 0. The Hall–Kier alpha value is -1.17. The highest BCUT2D eigenvalue weighted by Crippen LogP contribution is 2.39. The van der Waals surface area contributed by atoms with E-state index >= 15 is 0 Å². The van der Waals surface area contributed by atoms with E-state index in [0.717, 1.165) is 37.1 Å². The molecule has 0 saturated heterocycles. The minimum absolute atomic E-state index is 0.356. The van der Waals surface area contributed by atoms with Crippen molar-refractivity contribution in [1.29, 1.82) is 0 Å². The fraction of sp³-hybridized carbons (Fsp3) is 0.692. The van der Waals surface area contributed by atoms with Crippen molar-refractivity contribution in [3.63, 3.8) is 0 Å². The van der Waals surface area contributed by atoms with Crippen LogP contribution in [0, 0.1) is 0 Å². The summed E-state index contributed by atoms with van der Waals surface area (Å²) in [5.41, 5.74) is 6.01. The maximum Gasteiger partial charge on any atom is 0.328 e. The molecule has 3 N–H and O–H groups in total. The van der Waals surface area contributed by atoms with E-state index in [1.807, 2.05) is 6.26 Å². The van der Waals surface area contributed by atoms with Crippen molar-refractivity contribution in [1.82, 2.24) is 0 Å². The predicted molar refractivity (Wildman–Crippen MR) is 76.4 cm³/mol. The van der Waals surface area contributed by atoms with Gasteiger partial charge in [0.1, 0.15) is 6.04 Å². The number of aliphatic carboxylic acids is 1. The molecular weight excluding hydrogens is 264 g/mol. The minimum Gasteiger partial charge on any atom is -0.480 e. The van der Waals surface area contributed by atoms with E-state index in [-0.39, 0.29) is 0 Å². The van der Waals surface area contributed by atoms with E-state index in [4.69, 9.17) is 10.5 Å². The average molecular weight is 284 g/mol. The molecule has 1 saturated carbocycles. The van der Waals surface area contributed by atoms with E-state index in [0.29, 0.717) is 12.3 Å². The Morgan fingerprint density at radius 2 is 2.32 bits per heavy atom. The van der Waals surface area contributed by atoms with Crippen molar-refractivity contribution in [2.75, 3.05) is 12.0 Å². The van der Waals surface area contributed by atoms with Gasteiger partial charge < -0.3 is 15.6 Å². The second kappa shape index (κ2) is 5.86. The normalized spacial score (nSPS) is 24.5. The number of hydrogen-bond donors (Lipinski definition) is 2. The van der Waals surface area contributed by atoms with Crippen LogP contribution in [0.15, 0.2) is 17.0 Å². The maximum atomic E-state index is 11.3.